The van der Waals surface area contributed by atoms with Crippen LogP contribution in [0.25, 0.3) is 10.9 Å². The molecule has 0 bridgehead atoms. The van der Waals surface area contributed by atoms with Crippen molar-refractivity contribution in [3.63, 3.8) is 0 Å². The van der Waals surface area contributed by atoms with Crippen molar-refractivity contribution < 1.29 is 9.90 Å². The first-order valence-electron chi connectivity index (χ1n) is 5.59. The van der Waals surface area contributed by atoms with Gasteiger partial charge in [-0.1, -0.05) is 18.2 Å². The largest absolute Gasteiger partial charge is 0.481 e. The average Bonchev–Trinajstić information content (AvgIpc) is 2.68. The molecule has 4 nitrogen and oxygen atoms in total. The topological polar surface area (TPSA) is 68.2 Å². The fourth-order valence-electron chi connectivity index (χ4n) is 2.25. The van der Waals surface area contributed by atoms with Crippen LogP contribution in [0, 0.1) is 0 Å². The van der Waals surface area contributed by atoms with Gasteiger partial charge in [0.1, 0.15) is 0 Å². The number of nitrogens with zero attached hydrogens (tertiary/aromatic N) is 1. The summed E-state index contributed by atoms with van der Waals surface area (Å²) >= 11 is 0. The standard InChI is InChI=1S/C13H16N2O2/c1-15-6-5-9-3-2-4-11(13(9)15)10(8-14)7-12(16)17/h2-6,10H,7-8,14H2,1H3,(H,16,17). The van der Waals surface area contributed by atoms with E-state index in [4.69, 9.17) is 10.8 Å². The Morgan fingerprint density at radius 3 is 2.88 bits per heavy atom. The van der Waals surface area contributed by atoms with E-state index in [0.717, 1.165) is 16.5 Å². The van der Waals surface area contributed by atoms with Crippen LogP contribution in [0.5, 0.6) is 0 Å². The summed E-state index contributed by atoms with van der Waals surface area (Å²) in [6, 6.07) is 7.95. The van der Waals surface area contributed by atoms with Crippen molar-refractivity contribution in [3.8, 4) is 0 Å². The predicted octanol–water partition coefficient (Wildman–Crippen LogP) is 1.70. The van der Waals surface area contributed by atoms with Gasteiger partial charge in [-0.25, -0.2) is 0 Å². The molecule has 1 atom stereocenters. The number of aliphatic carboxylic acids is 1. The van der Waals surface area contributed by atoms with E-state index in [1.807, 2.05) is 42.1 Å². The molecule has 1 heterocycles. The Kier molecular flexibility index (Phi) is 3.15. The zero-order valence-corrected chi connectivity index (χ0v) is 9.76. The van der Waals surface area contributed by atoms with Crippen LogP contribution >= 0.6 is 0 Å². The average molecular weight is 232 g/mol. The van der Waals surface area contributed by atoms with Crippen molar-refractivity contribution in [3.05, 3.63) is 36.0 Å². The van der Waals surface area contributed by atoms with Crippen LogP contribution in [0.15, 0.2) is 30.5 Å². The second-order valence-electron chi connectivity index (χ2n) is 4.24. The molecule has 0 radical (unpaired) electrons. The maximum absolute atomic E-state index is 10.8. The van der Waals surface area contributed by atoms with Crippen LogP contribution in [0.1, 0.15) is 17.9 Å². The molecule has 0 aliphatic carbocycles. The lowest BCUT2D eigenvalue weighted by molar-refractivity contribution is -0.137. The molecule has 1 aromatic heterocycles. The van der Waals surface area contributed by atoms with E-state index in [9.17, 15) is 4.79 Å². The third-order valence-corrected chi connectivity index (χ3v) is 3.07. The molecule has 2 rings (SSSR count). The Balaban J connectivity index is 2.52. The first-order valence-corrected chi connectivity index (χ1v) is 5.59. The number of para-hydroxylation sites is 1. The van der Waals surface area contributed by atoms with Gasteiger partial charge in [0.2, 0.25) is 0 Å². The highest BCUT2D eigenvalue weighted by molar-refractivity contribution is 5.84. The van der Waals surface area contributed by atoms with E-state index in [-0.39, 0.29) is 12.3 Å². The van der Waals surface area contributed by atoms with Gasteiger partial charge < -0.3 is 15.4 Å². The zero-order chi connectivity index (χ0) is 12.4. The monoisotopic (exact) mass is 232 g/mol. The van der Waals surface area contributed by atoms with E-state index in [1.54, 1.807) is 0 Å². The van der Waals surface area contributed by atoms with Crippen molar-refractivity contribution in [2.45, 2.75) is 12.3 Å². The fraction of sp³-hybridized carbons (Fsp3) is 0.308. The van der Waals surface area contributed by atoms with Crippen molar-refractivity contribution in [1.29, 1.82) is 0 Å². The quantitative estimate of drug-likeness (QED) is 0.843. The number of nitrogens with two attached hydrogens (primary N) is 1. The fourth-order valence-corrected chi connectivity index (χ4v) is 2.25. The van der Waals surface area contributed by atoms with Gasteiger partial charge in [0, 0.05) is 19.2 Å². The highest BCUT2D eigenvalue weighted by atomic mass is 16.4. The summed E-state index contributed by atoms with van der Waals surface area (Å²) in [4.78, 5) is 10.8. The SMILES string of the molecule is Cn1ccc2cccc(C(CN)CC(=O)O)c21. The Labute approximate surface area is 99.7 Å². The molecule has 0 spiro atoms. The van der Waals surface area contributed by atoms with Gasteiger partial charge in [-0.05, 0) is 23.6 Å². The maximum atomic E-state index is 10.8. The number of carbonyl (C=O) groups is 1. The Morgan fingerprint density at radius 1 is 1.47 bits per heavy atom. The zero-order valence-electron chi connectivity index (χ0n) is 9.76. The van der Waals surface area contributed by atoms with Crippen molar-refractivity contribution in [1.82, 2.24) is 4.57 Å². The van der Waals surface area contributed by atoms with Crippen LogP contribution in [-0.4, -0.2) is 22.2 Å². The summed E-state index contributed by atoms with van der Waals surface area (Å²) in [7, 11) is 1.96. The molecule has 2 aromatic rings. The van der Waals surface area contributed by atoms with Crippen molar-refractivity contribution >= 4 is 16.9 Å². The Morgan fingerprint density at radius 2 is 2.24 bits per heavy atom. The lowest BCUT2D eigenvalue weighted by Crippen LogP contribution is -2.17. The second-order valence-corrected chi connectivity index (χ2v) is 4.24. The molecule has 0 fully saturated rings. The highest BCUT2D eigenvalue weighted by Gasteiger charge is 2.17. The third-order valence-electron chi connectivity index (χ3n) is 3.07. The first kappa shape index (κ1) is 11.7. The molecular weight excluding hydrogens is 216 g/mol. The van der Waals surface area contributed by atoms with Crippen LogP contribution in [0.3, 0.4) is 0 Å². The molecule has 17 heavy (non-hydrogen) atoms. The predicted molar refractivity (Wildman–Crippen MR) is 67.0 cm³/mol. The number of carboxylic acids is 1. The van der Waals surface area contributed by atoms with E-state index < -0.39 is 5.97 Å². The smallest absolute Gasteiger partial charge is 0.304 e. The molecule has 3 N–H and O–H groups in total. The van der Waals surface area contributed by atoms with Crippen molar-refractivity contribution in [2.24, 2.45) is 12.8 Å². The molecule has 1 aromatic carbocycles. The summed E-state index contributed by atoms with van der Waals surface area (Å²) in [5.74, 6) is -0.948. The number of hydrogen-bond acceptors (Lipinski definition) is 2. The number of aromatic nitrogens is 1. The van der Waals surface area contributed by atoms with Gasteiger partial charge in [0.05, 0.1) is 11.9 Å². The van der Waals surface area contributed by atoms with E-state index in [1.165, 1.54) is 0 Å². The molecule has 0 saturated heterocycles. The lowest BCUT2D eigenvalue weighted by atomic mass is 9.94. The molecular formula is C13H16N2O2. The van der Waals surface area contributed by atoms with Crippen LogP contribution in [0.2, 0.25) is 0 Å². The first-order chi connectivity index (χ1) is 8.13. The summed E-state index contributed by atoms with van der Waals surface area (Å²) in [6.45, 7) is 0.344. The minimum Gasteiger partial charge on any atom is -0.481 e. The molecule has 90 valence electrons. The molecule has 0 aliphatic heterocycles. The second kappa shape index (κ2) is 4.59. The number of rotatable bonds is 4. The Bertz CT molecular complexity index is 545. The van der Waals surface area contributed by atoms with Crippen LogP contribution in [-0.2, 0) is 11.8 Å². The number of aryl methyl sites for hydroxylation is 1. The molecule has 0 saturated carbocycles. The molecule has 1 unspecified atom stereocenters. The minimum atomic E-state index is -0.813. The van der Waals surface area contributed by atoms with Gasteiger partial charge in [0.15, 0.2) is 0 Å². The van der Waals surface area contributed by atoms with Crippen molar-refractivity contribution in [2.75, 3.05) is 6.54 Å². The van der Waals surface area contributed by atoms with Gasteiger partial charge in [-0.3, -0.25) is 4.79 Å². The molecule has 0 amide bonds. The summed E-state index contributed by atoms with van der Waals surface area (Å²) in [5, 5.41) is 10.0. The lowest BCUT2D eigenvalue weighted by Gasteiger charge is -2.15. The number of carboxylic acid groups (broad SMARTS) is 1. The number of benzene rings is 1. The molecule has 0 aliphatic rings. The van der Waals surface area contributed by atoms with Gasteiger partial charge >= 0.3 is 5.97 Å². The normalized spacial score (nSPS) is 12.8. The number of fused-ring (bicyclic) bond motifs is 1. The van der Waals surface area contributed by atoms with Gasteiger partial charge in [0.25, 0.3) is 0 Å². The summed E-state index contributed by atoms with van der Waals surface area (Å²) < 4.78 is 2.01. The van der Waals surface area contributed by atoms with Gasteiger partial charge in [-0.2, -0.15) is 0 Å². The third kappa shape index (κ3) is 2.17. The number of hydrogen-bond donors (Lipinski definition) is 2. The summed E-state index contributed by atoms with van der Waals surface area (Å²) in [5.41, 5.74) is 7.78. The Hall–Kier alpha value is -1.81. The van der Waals surface area contributed by atoms with Gasteiger partial charge in [-0.15, -0.1) is 0 Å². The highest BCUT2D eigenvalue weighted by Crippen LogP contribution is 2.27. The van der Waals surface area contributed by atoms with Crippen LogP contribution < -0.4 is 5.73 Å². The minimum absolute atomic E-state index is 0.0702. The van der Waals surface area contributed by atoms with E-state index in [0.29, 0.717) is 6.54 Å². The molecule has 4 heteroatoms. The van der Waals surface area contributed by atoms with Crippen LogP contribution in [0.4, 0.5) is 0 Å². The summed E-state index contributed by atoms with van der Waals surface area (Å²) in [6.07, 6.45) is 2.04. The maximum Gasteiger partial charge on any atom is 0.304 e. The van der Waals surface area contributed by atoms with E-state index in [2.05, 4.69) is 0 Å². The van der Waals surface area contributed by atoms with E-state index >= 15 is 0 Å².